The molecule has 13 heavy (non-hydrogen) atoms. The maximum atomic E-state index is 8.99. The Hall–Kier alpha value is -1.22. The maximum absolute atomic E-state index is 8.99. The minimum atomic E-state index is 0. The van der Waals surface area contributed by atoms with Crippen LogP contribution in [0.4, 0.5) is 0 Å². The largest absolute Gasteiger partial charge is 0.508 e. The Labute approximate surface area is 83.7 Å². The van der Waals surface area contributed by atoms with Crippen LogP contribution in [0, 0.1) is 0 Å². The van der Waals surface area contributed by atoms with Gasteiger partial charge in [-0.3, -0.25) is 4.99 Å². The van der Waals surface area contributed by atoms with Gasteiger partial charge in [-0.25, -0.2) is 0 Å². The summed E-state index contributed by atoms with van der Waals surface area (Å²) in [6, 6.07) is 6.93. The molecule has 4 heteroatoms. The van der Waals surface area contributed by atoms with E-state index in [9.17, 15) is 0 Å². The van der Waals surface area contributed by atoms with Crippen molar-refractivity contribution in [3.05, 3.63) is 29.8 Å². The Morgan fingerprint density at radius 3 is 2.38 bits per heavy atom. The quantitative estimate of drug-likeness (QED) is 0.559. The van der Waals surface area contributed by atoms with Crippen molar-refractivity contribution in [1.82, 2.24) is 0 Å². The van der Waals surface area contributed by atoms with Crippen LogP contribution in [0.15, 0.2) is 29.3 Å². The van der Waals surface area contributed by atoms with Gasteiger partial charge in [-0.1, -0.05) is 12.1 Å². The van der Waals surface area contributed by atoms with Gasteiger partial charge in [0.05, 0.1) is 5.84 Å². The molecule has 0 spiro atoms. The van der Waals surface area contributed by atoms with E-state index in [-0.39, 0.29) is 18.2 Å². The van der Waals surface area contributed by atoms with E-state index < -0.39 is 0 Å². The number of aromatic hydroxyl groups is 1. The summed E-state index contributed by atoms with van der Waals surface area (Å²) in [4.78, 5) is 3.84. The number of hydrogen-bond acceptors (Lipinski definition) is 2. The summed E-state index contributed by atoms with van der Waals surface area (Å²) < 4.78 is 0. The van der Waals surface area contributed by atoms with E-state index in [1.807, 2.05) is 12.1 Å². The van der Waals surface area contributed by atoms with Crippen LogP contribution in [0.5, 0.6) is 5.75 Å². The second-order valence-corrected chi connectivity index (χ2v) is 2.56. The van der Waals surface area contributed by atoms with Gasteiger partial charge in [-0.15, -0.1) is 12.4 Å². The van der Waals surface area contributed by atoms with Crippen LogP contribution >= 0.6 is 12.4 Å². The average molecular weight is 201 g/mol. The first-order chi connectivity index (χ1) is 5.72. The van der Waals surface area contributed by atoms with Crippen LogP contribution in [-0.2, 0) is 6.42 Å². The van der Waals surface area contributed by atoms with E-state index in [0.29, 0.717) is 12.3 Å². The highest BCUT2D eigenvalue weighted by molar-refractivity contribution is 5.85. The number of amidine groups is 1. The van der Waals surface area contributed by atoms with Gasteiger partial charge in [0.1, 0.15) is 5.75 Å². The first-order valence-electron chi connectivity index (χ1n) is 3.71. The highest BCUT2D eigenvalue weighted by atomic mass is 35.5. The first kappa shape index (κ1) is 11.8. The van der Waals surface area contributed by atoms with Crippen molar-refractivity contribution in [2.24, 2.45) is 10.7 Å². The summed E-state index contributed by atoms with van der Waals surface area (Å²) in [5.41, 5.74) is 6.58. The van der Waals surface area contributed by atoms with Gasteiger partial charge in [0.15, 0.2) is 0 Å². The Balaban J connectivity index is 0.00000144. The van der Waals surface area contributed by atoms with Crippen molar-refractivity contribution in [3.63, 3.8) is 0 Å². The lowest BCUT2D eigenvalue weighted by atomic mass is 10.1. The Kier molecular flexibility index (Phi) is 4.92. The zero-order valence-corrected chi connectivity index (χ0v) is 8.21. The Bertz CT molecular complexity index is 282. The topological polar surface area (TPSA) is 58.6 Å². The number of halogens is 1. The molecular weight excluding hydrogens is 188 g/mol. The highest BCUT2D eigenvalue weighted by Crippen LogP contribution is 2.09. The number of rotatable bonds is 2. The molecule has 1 aromatic carbocycles. The number of phenolic OH excluding ortho intramolecular Hbond substituents is 1. The van der Waals surface area contributed by atoms with Crippen molar-refractivity contribution in [1.29, 1.82) is 0 Å². The van der Waals surface area contributed by atoms with Crippen LogP contribution < -0.4 is 5.73 Å². The van der Waals surface area contributed by atoms with Crippen molar-refractivity contribution >= 4 is 18.2 Å². The summed E-state index contributed by atoms with van der Waals surface area (Å²) in [6.07, 6.45) is 0.636. The number of aliphatic imine (C=N–C) groups is 1. The van der Waals surface area contributed by atoms with Crippen LogP contribution in [0.25, 0.3) is 0 Å². The molecule has 0 saturated carbocycles. The van der Waals surface area contributed by atoms with Gasteiger partial charge in [-0.2, -0.15) is 0 Å². The fourth-order valence-corrected chi connectivity index (χ4v) is 0.902. The van der Waals surface area contributed by atoms with Gasteiger partial charge in [0, 0.05) is 13.5 Å². The third-order valence-electron chi connectivity index (χ3n) is 1.61. The van der Waals surface area contributed by atoms with Crippen LogP contribution in [-0.4, -0.2) is 18.0 Å². The minimum absolute atomic E-state index is 0. The molecule has 0 amide bonds. The summed E-state index contributed by atoms with van der Waals surface area (Å²) in [5, 5.41) is 8.99. The average Bonchev–Trinajstić information content (AvgIpc) is 2.09. The molecule has 1 rings (SSSR count). The van der Waals surface area contributed by atoms with Crippen molar-refractivity contribution in [2.45, 2.75) is 6.42 Å². The molecule has 0 aromatic heterocycles. The van der Waals surface area contributed by atoms with Crippen molar-refractivity contribution < 1.29 is 5.11 Å². The van der Waals surface area contributed by atoms with Gasteiger partial charge in [0.25, 0.3) is 0 Å². The fraction of sp³-hybridized carbons (Fsp3) is 0.222. The Morgan fingerprint density at radius 1 is 1.38 bits per heavy atom. The zero-order valence-electron chi connectivity index (χ0n) is 7.40. The Morgan fingerprint density at radius 2 is 1.92 bits per heavy atom. The molecule has 0 saturated heterocycles. The van der Waals surface area contributed by atoms with Crippen LogP contribution in [0.2, 0.25) is 0 Å². The standard InChI is InChI=1S/C9H12N2O.ClH/c1-11-9(10)6-7-2-4-8(12)5-3-7;/h2-5,12H,6H2,1H3,(H2,10,11);1H. The van der Waals surface area contributed by atoms with Gasteiger partial charge in [-0.05, 0) is 17.7 Å². The molecule has 1 aromatic rings. The molecule has 0 aliphatic heterocycles. The van der Waals surface area contributed by atoms with E-state index in [2.05, 4.69) is 4.99 Å². The zero-order chi connectivity index (χ0) is 8.97. The highest BCUT2D eigenvalue weighted by Gasteiger charge is 1.95. The molecule has 3 nitrogen and oxygen atoms in total. The summed E-state index contributed by atoms with van der Waals surface area (Å²) in [6.45, 7) is 0. The molecule has 3 N–H and O–H groups in total. The first-order valence-corrected chi connectivity index (χ1v) is 3.71. The maximum Gasteiger partial charge on any atom is 0.115 e. The van der Waals surface area contributed by atoms with Crippen LogP contribution in [0.3, 0.4) is 0 Å². The molecule has 0 radical (unpaired) electrons. The van der Waals surface area contributed by atoms with E-state index in [1.165, 1.54) is 0 Å². The second kappa shape index (κ2) is 5.43. The molecule has 0 bridgehead atoms. The normalized spacial score (nSPS) is 10.7. The van der Waals surface area contributed by atoms with E-state index in [0.717, 1.165) is 5.56 Å². The molecule has 72 valence electrons. The third kappa shape index (κ3) is 3.80. The molecule has 0 heterocycles. The predicted molar refractivity (Wildman–Crippen MR) is 56.6 cm³/mol. The van der Waals surface area contributed by atoms with Gasteiger partial charge in [0.2, 0.25) is 0 Å². The van der Waals surface area contributed by atoms with E-state index in [4.69, 9.17) is 10.8 Å². The lowest BCUT2D eigenvalue weighted by Gasteiger charge is -1.99. The fourth-order valence-electron chi connectivity index (χ4n) is 0.902. The predicted octanol–water partition coefficient (Wildman–Crippen LogP) is 1.34. The van der Waals surface area contributed by atoms with Crippen molar-refractivity contribution in [2.75, 3.05) is 7.05 Å². The number of hydrogen-bond donors (Lipinski definition) is 2. The van der Waals surface area contributed by atoms with Crippen LogP contribution in [0.1, 0.15) is 5.56 Å². The summed E-state index contributed by atoms with van der Waals surface area (Å²) in [5.74, 6) is 0.867. The molecule has 0 atom stereocenters. The molecule has 0 unspecified atom stereocenters. The smallest absolute Gasteiger partial charge is 0.115 e. The molecule has 0 aliphatic rings. The molecule has 0 aliphatic carbocycles. The minimum Gasteiger partial charge on any atom is -0.508 e. The lowest BCUT2D eigenvalue weighted by Crippen LogP contribution is -2.14. The second-order valence-electron chi connectivity index (χ2n) is 2.56. The number of nitrogens with two attached hydrogens (primary N) is 1. The van der Waals surface area contributed by atoms with Crippen molar-refractivity contribution in [3.8, 4) is 5.75 Å². The van der Waals surface area contributed by atoms with E-state index >= 15 is 0 Å². The SMILES string of the molecule is CN=C(N)Cc1ccc(O)cc1.Cl. The lowest BCUT2D eigenvalue weighted by molar-refractivity contribution is 0.475. The molecule has 0 fully saturated rings. The number of benzene rings is 1. The number of phenols is 1. The van der Waals surface area contributed by atoms with Gasteiger partial charge >= 0.3 is 0 Å². The summed E-state index contributed by atoms with van der Waals surface area (Å²) in [7, 11) is 1.66. The third-order valence-corrected chi connectivity index (χ3v) is 1.61. The molecular formula is C9H13ClN2O. The van der Waals surface area contributed by atoms with Gasteiger partial charge < -0.3 is 10.8 Å². The summed E-state index contributed by atoms with van der Waals surface area (Å²) >= 11 is 0. The number of nitrogens with zero attached hydrogens (tertiary/aromatic N) is 1. The van der Waals surface area contributed by atoms with E-state index in [1.54, 1.807) is 19.2 Å². The monoisotopic (exact) mass is 200 g/mol.